The Bertz CT molecular complexity index is 670. The molecule has 0 saturated heterocycles. The van der Waals surface area contributed by atoms with Crippen LogP contribution in [0.25, 0.3) is 0 Å². The summed E-state index contributed by atoms with van der Waals surface area (Å²) in [5, 5.41) is 7.39. The highest BCUT2D eigenvalue weighted by Crippen LogP contribution is 2.29. The average Bonchev–Trinajstić information content (AvgIpc) is 2.90. The molecule has 1 unspecified atom stereocenters. The van der Waals surface area contributed by atoms with Gasteiger partial charge in [0.05, 0.1) is 17.9 Å². The highest BCUT2D eigenvalue weighted by atomic mass is 35.5. The maximum Gasteiger partial charge on any atom is 0.251 e. The van der Waals surface area contributed by atoms with Crippen molar-refractivity contribution < 1.29 is 4.79 Å². The number of hydrogen-bond acceptors (Lipinski definition) is 4. The van der Waals surface area contributed by atoms with E-state index in [-0.39, 0.29) is 24.4 Å². The van der Waals surface area contributed by atoms with Gasteiger partial charge in [-0.3, -0.25) is 14.5 Å². The topological polar surface area (TPSA) is 85.8 Å². The van der Waals surface area contributed by atoms with Crippen molar-refractivity contribution >= 4 is 18.3 Å². The molecule has 118 valence electrons. The van der Waals surface area contributed by atoms with Gasteiger partial charge >= 0.3 is 0 Å². The van der Waals surface area contributed by atoms with Crippen LogP contribution in [0.4, 0.5) is 0 Å². The first kappa shape index (κ1) is 16.5. The summed E-state index contributed by atoms with van der Waals surface area (Å²) < 4.78 is 1.90. The second-order valence-electron chi connectivity index (χ2n) is 5.33. The van der Waals surface area contributed by atoms with E-state index < -0.39 is 0 Å². The number of amides is 1. The number of aryl methyl sites for hydroxylation is 1. The van der Waals surface area contributed by atoms with Gasteiger partial charge < -0.3 is 11.1 Å². The Morgan fingerprint density at radius 3 is 3.14 bits per heavy atom. The summed E-state index contributed by atoms with van der Waals surface area (Å²) in [6.07, 6.45) is 6.50. The number of pyridine rings is 1. The molecule has 1 atom stereocenters. The summed E-state index contributed by atoms with van der Waals surface area (Å²) in [6, 6.07) is 3.48. The fourth-order valence-electron chi connectivity index (χ4n) is 2.83. The number of fused-ring (bicyclic) bond motifs is 1. The fourth-order valence-corrected chi connectivity index (χ4v) is 2.83. The molecule has 6 nitrogen and oxygen atoms in total. The molecule has 2 aromatic rings. The number of rotatable bonds is 3. The molecule has 0 saturated carbocycles. The summed E-state index contributed by atoms with van der Waals surface area (Å²) in [7, 11) is 1.94. The number of nitrogens with one attached hydrogen (secondary N) is 1. The molecule has 3 rings (SSSR count). The standard InChI is InChI=1S/C15H19N5O.ClH/c1-20-14-4-2-3-13(12(14)9-18-20)19-15(21)10-5-6-17-11(7-10)8-16;/h5-7,9,13H,2-4,8,16H2,1H3,(H,19,21);1H. The van der Waals surface area contributed by atoms with E-state index in [1.165, 1.54) is 5.69 Å². The van der Waals surface area contributed by atoms with E-state index in [1.54, 1.807) is 18.3 Å². The van der Waals surface area contributed by atoms with Gasteiger partial charge in [0, 0.05) is 36.6 Å². The van der Waals surface area contributed by atoms with Gasteiger partial charge in [0.2, 0.25) is 0 Å². The van der Waals surface area contributed by atoms with Crippen LogP contribution in [0.2, 0.25) is 0 Å². The Balaban J connectivity index is 0.00000176. The zero-order chi connectivity index (χ0) is 14.8. The normalized spacial score (nSPS) is 16.5. The Morgan fingerprint density at radius 1 is 1.55 bits per heavy atom. The van der Waals surface area contributed by atoms with Crippen molar-refractivity contribution in [2.45, 2.75) is 31.8 Å². The number of carbonyl (C=O) groups is 1. The van der Waals surface area contributed by atoms with E-state index in [1.807, 2.05) is 17.9 Å². The van der Waals surface area contributed by atoms with Gasteiger partial charge in [0.15, 0.2) is 0 Å². The first-order valence-corrected chi connectivity index (χ1v) is 7.15. The van der Waals surface area contributed by atoms with E-state index in [0.717, 1.165) is 24.8 Å². The quantitative estimate of drug-likeness (QED) is 0.897. The average molecular weight is 322 g/mol. The number of nitrogens with zero attached hydrogens (tertiary/aromatic N) is 3. The molecule has 0 fully saturated rings. The minimum Gasteiger partial charge on any atom is -0.345 e. The molecule has 0 aromatic carbocycles. The second kappa shape index (κ2) is 6.89. The van der Waals surface area contributed by atoms with Crippen LogP contribution in [0.3, 0.4) is 0 Å². The van der Waals surface area contributed by atoms with Gasteiger partial charge in [0.25, 0.3) is 5.91 Å². The van der Waals surface area contributed by atoms with Crippen molar-refractivity contribution in [1.82, 2.24) is 20.1 Å². The van der Waals surface area contributed by atoms with Crippen molar-refractivity contribution in [2.24, 2.45) is 12.8 Å². The Hall–Kier alpha value is -1.92. The lowest BCUT2D eigenvalue weighted by molar-refractivity contribution is 0.0932. The molecule has 3 N–H and O–H groups in total. The number of nitrogens with two attached hydrogens (primary N) is 1. The van der Waals surface area contributed by atoms with Crippen molar-refractivity contribution in [3.05, 3.63) is 47.0 Å². The predicted octanol–water partition coefficient (Wildman–Crippen LogP) is 1.50. The van der Waals surface area contributed by atoms with Crippen LogP contribution in [0.15, 0.2) is 24.5 Å². The molecule has 0 bridgehead atoms. The summed E-state index contributed by atoms with van der Waals surface area (Å²) in [4.78, 5) is 16.5. The summed E-state index contributed by atoms with van der Waals surface area (Å²) in [5.41, 5.74) is 9.22. The Morgan fingerprint density at radius 2 is 2.36 bits per heavy atom. The van der Waals surface area contributed by atoms with E-state index in [2.05, 4.69) is 15.4 Å². The van der Waals surface area contributed by atoms with Gasteiger partial charge in [0.1, 0.15) is 0 Å². The Labute approximate surface area is 135 Å². The molecular weight excluding hydrogens is 302 g/mol. The van der Waals surface area contributed by atoms with Crippen LogP contribution in [0.1, 0.15) is 46.2 Å². The SMILES string of the molecule is Cl.Cn1ncc2c1CCCC2NC(=O)c1ccnc(CN)c1. The van der Waals surface area contributed by atoms with Crippen LogP contribution in [0.5, 0.6) is 0 Å². The smallest absolute Gasteiger partial charge is 0.251 e. The zero-order valence-electron chi connectivity index (χ0n) is 12.5. The molecule has 2 aromatic heterocycles. The Kier molecular flexibility index (Phi) is 5.15. The summed E-state index contributed by atoms with van der Waals surface area (Å²) in [6.45, 7) is 0.331. The largest absolute Gasteiger partial charge is 0.345 e. The van der Waals surface area contributed by atoms with Gasteiger partial charge in [-0.05, 0) is 31.4 Å². The molecule has 2 heterocycles. The highest BCUT2D eigenvalue weighted by molar-refractivity contribution is 5.94. The zero-order valence-corrected chi connectivity index (χ0v) is 13.3. The highest BCUT2D eigenvalue weighted by Gasteiger charge is 2.25. The number of hydrogen-bond donors (Lipinski definition) is 2. The lowest BCUT2D eigenvalue weighted by Crippen LogP contribution is -2.31. The molecular formula is C15H20ClN5O. The molecule has 1 amide bonds. The number of carbonyl (C=O) groups excluding carboxylic acids is 1. The third-order valence-electron chi connectivity index (χ3n) is 3.97. The molecule has 7 heteroatoms. The van der Waals surface area contributed by atoms with Crippen molar-refractivity contribution in [2.75, 3.05) is 0 Å². The third-order valence-corrected chi connectivity index (χ3v) is 3.97. The number of halogens is 1. The van der Waals surface area contributed by atoms with Crippen LogP contribution < -0.4 is 11.1 Å². The lowest BCUT2D eigenvalue weighted by atomic mass is 9.93. The number of aromatic nitrogens is 3. The minimum absolute atomic E-state index is 0. The van der Waals surface area contributed by atoms with Crippen LogP contribution >= 0.6 is 12.4 Å². The van der Waals surface area contributed by atoms with Gasteiger partial charge in [-0.15, -0.1) is 12.4 Å². The van der Waals surface area contributed by atoms with Crippen molar-refractivity contribution in [3.8, 4) is 0 Å². The van der Waals surface area contributed by atoms with Crippen LogP contribution in [-0.2, 0) is 20.0 Å². The van der Waals surface area contributed by atoms with Crippen LogP contribution in [0, 0.1) is 0 Å². The molecule has 1 aliphatic rings. The van der Waals surface area contributed by atoms with Gasteiger partial charge in [-0.2, -0.15) is 5.10 Å². The molecule has 1 aliphatic carbocycles. The second-order valence-corrected chi connectivity index (χ2v) is 5.33. The molecule has 0 spiro atoms. The molecule has 0 radical (unpaired) electrons. The van der Waals surface area contributed by atoms with E-state index in [4.69, 9.17) is 5.73 Å². The van der Waals surface area contributed by atoms with Gasteiger partial charge in [-0.25, -0.2) is 0 Å². The maximum atomic E-state index is 12.4. The monoisotopic (exact) mass is 321 g/mol. The van der Waals surface area contributed by atoms with E-state index in [0.29, 0.717) is 17.8 Å². The van der Waals surface area contributed by atoms with Crippen molar-refractivity contribution in [3.63, 3.8) is 0 Å². The lowest BCUT2D eigenvalue weighted by Gasteiger charge is -2.23. The first-order chi connectivity index (χ1) is 10.2. The third kappa shape index (κ3) is 3.13. The van der Waals surface area contributed by atoms with E-state index >= 15 is 0 Å². The minimum atomic E-state index is -0.0891. The summed E-state index contributed by atoms with van der Waals surface area (Å²) >= 11 is 0. The fraction of sp³-hybridized carbons (Fsp3) is 0.400. The maximum absolute atomic E-state index is 12.4. The van der Waals surface area contributed by atoms with Gasteiger partial charge in [-0.1, -0.05) is 0 Å². The summed E-state index contributed by atoms with van der Waals surface area (Å²) in [5.74, 6) is -0.0891. The predicted molar refractivity (Wildman–Crippen MR) is 85.7 cm³/mol. The van der Waals surface area contributed by atoms with Crippen molar-refractivity contribution in [1.29, 1.82) is 0 Å². The molecule has 22 heavy (non-hydrogen) atoms. The molecule has 0 aliphatic heterocycles. The van der Waals surface area contributed by atoms with Crippen LogP contribution in [-0.4, -0.2) is 20.7 Å². The first-order valence-electron chi connectivity index (χ1n) is 7.15. The van der Waals surface area contributed by atoms with E-state index in [9.17, 15) is 4.79 Å².